The average Bonchev–Trinajstić information content (AvgIpc) is 2.72. The lowest BCUT2D eigenvalue weighted by atomic mass is 10.1. The third-order valence-electron chi connectivity index (χ3n) is 4.02. The molecule has 3 amide bonds. The summed E-state index contributed by atoms with van der Waals surface area (Å²) in [7, 11) is 0. The van der Waals surface area contributed by atoms with Gasteiger partial charge in [-0.25, -0.2) is 4.79 Å². The zero-order chi connectivity index (χ0) is 21.1. The molecule has 0 unspecified atom stereocenters. The number of nitriles is 1. The van der Waals surface area contributed by atoms with Crippen LogP contribution in [0.2, 0.25) is 0 Å². The lowest BCUT2D eigenvalue weighted by molar-refractivity contribution is 0.0956. The molecule has 3 N–H and O–H groups in total. The quantitative estimate of drug-likeness (QED) is 0.552. The van der Waals surface area contributed by atoms with Gasteiger partial charge in [-0.05, 0) is 43.2 Å². The molecule has 0 saturated carbocycles. The first-order valence-corrected chi connectivity index (χ1v) is 10.6. The predicted octanol–water partition coefficient (Wildman–Crippen LogP) is 3.43. The van der Waals surface area contributed by atoms with Gasteiger partial charge in [0.05, 0.1) is 11.6 Å². The molecule has 0 aliphatic heterocycles. The number of hydrogen-bond donors (Lipinski definition) is 3. The summed E-state index contributed by atoms with van der Waals surface area (Å²) >= 11 is 1.68. The summed E-state index contributed by atoms with van der Waals surface area (Å²) in [4.78, 5) is 23.8. The maximum absolute atomic E-state index is 12.2. The first kappa shape index (κ1) is 22.3. The summed E-state index contributed by atoms with van der Waals surface area (Å²) in [6, 6.07) is 16.8. The fraction of sp³-hybridized carbons (Fsp3) is 0.318. The van der Waals surface area contributed by atoms with Crippen LogP contribution in [0, 0.1) is 11.3 Å². The predicted molar refractivity (Wildman–Crippen MR) is 117 cm³/mol. The molecule has 2 aromatic carbocycles. The molecule has 0 saturated heterocycles. The number of hydrogen-bond acceptors (Lipinski definition) is 4. The SMILES string of the molecule is CC(C)NC(=O)NCc1ccc(C(=O)NCCSCc2ccccc2C#N)cc1. The molecule has 0 bridgehead atoms. The van der Waals surface area contributed by atoms with Crippen LogP contribution in [0.4, 0.5) is 4.79 Å². The van der Waals surface area contributed by atoms with E-state index in [-0.39, 0.29) is 18.0 Å². The molecule has 0 heterocycles. The lowest BCUT2D eigenvalue weighted by Crippen LogP contribution is -2.39. The number of thioether (sulfide) groups is 1. The van der Waals surface area contributed by atoms with Crippen LogP contribution in [-0.4, -0.2) is 30.3 Å². The van der Waals surface area contributed by atoms with E-state index < -0.39 is 0 Å². The zero-order valence-electron chi connectivity index (χ0n) is 16.7. The third kappa shape index (κ3) is 7.88. The summed E-state index contributed by atoms with van der Waals surface area (Å²) in [5.41, 5.74) is 3.21. The highest BCUT2D eigenvalue weighted by molar-refractivity contribution is 7.98. The van der Waals surface area contributed by atoms with Crippen molar-refractivity contribution in [3.05, 3.63) is 70.8 Å². The van der Waals surface area contributed by atoms with Gasteiger partial charge in [0.15, 0.2) is 0 Å². The number of amides is 3. The Kier molecular flexibility index (Phi) is 9.06. The van der Waals surface area contributed by atoms with Crippen LogP contribution in [0.15, 0.2) is 48.5 Å². The highest BCUT2D eigenvalue weighted by Gasteiger charge is 2.06. The summed E-state index contributed by atoms with van der Waals surface area (Å²) in [6.07, 6.45) is 0. The number of rotatable bonds is 9. The Morgan fingerprint density at radius 3 is 2.48 bits per heavy atom. The fourth-order valence-corrected chi connectivity index (χ4v) is 3.41. The maximum atomic E-state index is 12.2. The second kappa shape index (κ2) is 11.8. The van der Waals surface area contributed by atoms with E-state index in [4.69, 9.17) is 5.26 Å². The van der Waals surface area contributed by atoms with Crippen LogP contribution < -0.4 is 16.0 Å². The normalized spacial score (nSPS) is 10.3. The number of nitrogens with one attached hydrogen (secondary N) is 3. The molecule has 2 aromatic rings. The molecule has 0 aliphatic rings. The molecule has 7 heteroatoms. The number of carbonyl (C=O) groups is 2. The molecular weight excluding hydrogens is 384 g/mol. The van der Waals surface area contributed by atoms with E-state index >= 15 is 0 Å². The minimum atomic E-state index is -0.211. The number of nitrogens with zero attached hydrogens (tertiary/aromatic N) is 1. The highest BCUT2D eigenvalue weighted by atomic mass is 32.2. The van der Waals surface area contributed by atoms with E-state index in [1.165, 1.54) is 0 Å². The van der Waals surface area contributed by atoms with E-state index in [0.29, 0.717) is 24.2 Å². The number of urea groups is 1. The largest absolute Gasteiger partial charge is 0.351 e. The highest BCUT2D eigenvalue weighted by Crippen LogP contribution is 2.15. The Morgan fingerprint density at radius 2 is 1.79 bits per heavy atom. The Balaban J connectivity index is 1.70. The minimum absolute atomic E-state index is 0.0836. The van der Waals surface area contributed by atoms with Crippen molar-refractivity contribution >= 4 is 23.7 Å². The summed E-state index contributed by atoms with van der Waals surface area (Å²) in [5, 5.41) is 17.5. The van der Waals surface area contributed by atoms with E-state index in [1.807, 2.05) is 50.2 Å². The summed E-state index contributed by atoms with van der Waals surface area (Å²) in [6.45, 7) is 4.76. The molecule has 29 heavy (non-hydrogen) atoms. The second-order valence-electron chi connectivity index (χ2n) is 6.76. The molecule has 0 radical (unpaired) electrons. The van der Waals surface area contributed by atoms with Gasteiger partial charge < -0.3 is 16.0 Å². The van der Waals surface area contributed by atoms with Crippen molar-refractivity contribution in [1.29, 1.82) is 5.26 Å². The number of benzene rings is 2. The Bertz CT molecular complexity index is 860. The topological polar surface area (TPSA) is 94.0 Å². The monoisotopic (exact) mass is 410 g/mol. The molecule has 152 valence electrons. The van der Waals surface area contributed by atoms with Gasteiger partial charge in [-0.2, -0.15) is 17.0 Å². The van der Waals surface area contributed by atoms with Gasteiger partial charge in [-0.15, -0.1) is 0 Å². The van der Waals surface area contributed by atoms with Crippen molar-refractivity contribution in [2.24, 2.45) is 0 Å². The third-order valence-corrected chi connectivity index (χ3v) is 5.02. The van der Waals surface area contributed by atoms with Crippen molar-refractivity contribution in [3.8, 4) is 6.07 Å². The van der Waals surface area contributed by atoms with Gasteiger partial charge in [0.25, 0.3) is 5.91 Å². The van der Waals surface area contributed by atoms with Crippen LogP contribution in [0.5, 0.6) is 0 Å². The van der Waals surface area contributed by atoms with E-state index in [1.54, 1.807) is 23.9 Å². The molecule has 0 fully saturated rings. The van der Waals surface area contributed by atoms with Crippen LogP contribution in [-0.2, 0) is 12.3 Å². The molecule has 6 nitrogen and oxygen atoms in total. The minimum Gasteiger partial charge on any atom is -0.351 e. The van der Waals surface area contributed by atoms with E-state index in [9.17, 15) is 9.59 Å². The first-order valence-electron chi connectivity index (χ1n) is 9.47. The van der Waals surface area contributed by atoms with Gasteiger partial charge in [0, 0.05) is 36.2 Å². The second-order valence-corrected chi connectivity index (χ2v) is 7.86. The standard InChI is InChI=1S/C22H26N4O2S/c1-16(2)26-22(28)25-14-17-7-9-18(10-8-17)21(27)24-11-12-29-15-20-6-4-3-5-19(20)13-23/h3-10,16H,11-12,14-15H2,1-2H3,(H,24,27)(H2,25,26,28). The van der Waals surface area contributed by atoms with E-state index in [0.717, 1.165) is 22.6 Å². The molecule has 2 rings (SSSR count). The molecule has 0 aliphatic carbocycles. The first-order chi connectivity index (χ1) is 14.0. The Morgan fingerprint density at radius 1 is 1.07 bits per heavy atom. The van der Waals surface area contributed by atoms with Crippen molar-refractivity contribution in [3.63, 3.8) is 0 Å². The van der Waals surface area contributed by atoms with Crippen molar-refractivity contribution in [1.82, 2.24) is 16.0 Å². The van der Waals surface area contributed by atoms with E-state index in [2.05, 4.69) is 22.0 Å². The van der Waals surface area contributed by atoms with Gasteiger partial charge >= 0.3 is 6.03 Å². The maximum Gasteiger partial charge on any atom is 0.315 e. The van der Waals surface area contributed by atoms with Crippen molar-refractivity contribution in [2.75, 3.05) is 12.3 Å². The van der Waals surface area contributed by atoms with Crippen LogP contribution in [0.3, 0.4) is 0 Å². The number of carbonyl (C=O) groups excluding carboxylic acids is 2. The smallest absolute Gasteiger partial charge is 0.315 e. The molecular formula is C22H26N4O2S. The van der Waals surface area contributed by atoms with Crippen LogP contribution in [0.1, 0.15) is 40.9 Å². The molecule has 0 atom stereocenters. The van der Waals surface area contributed by atoms with Crippen molar-refractivity contribution < 1.29 is 9.59 Å². The Hall–Kier alpha value is -2.98. The van der Waals surface area contributed by atoms with Crippen LogP contribution >= 0.6 is 11.8 Å². The van der Waals surface area contributed by atoms with Gasteiger partial charge in [-0.3, -0.25) is 4.79 Å². The van der Waals surface area contributed by atoms with Gasteiger partial charge in [0.2, 0.25) is 0 Å². The van der Waals surface area contributed by atoms with Gasteiger partial charge in [0.1, 0.15) is 0 Å². The van der Waals surface area contributed by atoms with Crippen LogP contribution in [0.25, 0.3) is 0 Å². The molecule has 0 spiro atoms. The Labute approximate surface area is 176 Å². The van der Waals surface area contributed by atoms with Crippen molar-refractivity contribution in [2.45, 2.75) is 32.2 Å². The summed E-state index contributed by atoms with van der Waals surface area (Å²) < 4.78 is 0. The fourth-order valence-electron chi connectivity index (χ4n) is 2.55. The summed E-state index contributed by atoms with van der Waals surface area (Å²) in [5.74, 6) is 1.38. The average molecular weight is 411 g/mol. The lowest BCUT2D eigenvalue weighted by Gasteiger charge is -2.10. The zero-order valence-corrected chi connectivity index (χ0v) is 17.5. The molecule has 0 aromatic heterocycles. The van der Waals surface area contributed by atoms with Gasteiger partial charge in [-0.1, -0.05) is 30.3 Å².